The average molecular weight is 434 g/mol. The summed E-state index contributed by atoms with van der Waals surface area (Å²) in [7, 11) is -4.09. The van der Waals surface area contributed by atoms with Crippen LogP contribution in [0.2, 0.25) is 0 Å². The van der Waals surface area contributed by atoms with E-state index in [9.17, 15) is 17.2 Å². The van der Waals surface area contributed by atoms with Gasteiger partial charge in [-0.2, -0.15) is 4.98 Å². The summed E-state index contributed by atoms with van der Waals surface area (Å²) >= 11 is 0. The SMILES string of the molecule is C[C@H]1CN(c2oc(-c3ccc(F)cc3)nc2S(=O)(=O)c2ccc(F)cc2)C[C@H](C)O1. The quantitative estimate of drug-likeness (QED) is 0.577. The van der Waals surface area contributed by atoms with Crippen LogP contribution in [0.15, 0.2) is 62.9 Å². The Morgan fingerprint density at radius 3 is 2.03 bits per heavy atom. The van der Waals surface area contributed by atoms with Crippen LogP contribution in [0.3, 0.4) is 0 Å². The third kappa shape index (κ3) is 3.95. The summed E-state index contributed by atoms with van der Waals surface area (Å²) in [5.74, 6) is -0.837. The van der Waals surface area contributed by atoms with Crippen LogP contribution in [0.25, 0.3) is 11.5 Å². The van der Waals surface area contributed by atoms with Gasteiger partial charge in [-0.3, -0.25) is 0 Å². The van der Waals surface area contributed by atoms with Crippen molar-refractivity contribution in [2.24, 2.45) is 0 Å². The van der Waals surface area contributed by atoms with Crippen LogP contribution in [0.5, 0.6) is 0 Å². The molecule has 1 saturated heterocycles. The molecular formula is C21H20F2N2O4S. The molecule has 0 saturated carbocycles. The first-order valence-corrected chi connectivity index (χ1v) is 10.9. The Hall–Kier alpha value is -2.78. The molecule has 6 nitrogen and oxygen atoms in total. The maximum absolute atomic E-state index is 13.3. The molecule has 0 N–H and O–H groups in total. The molecule has 4 rings (SSSR count). The van der Waals surface area contributed by atoms with Gasteiger partial charge in [-0.15, -0.1) is 0 Å². The van der Waals surface area contributed by atoms with Gasteiger partial charge in [-0.1, -0.05) is 0 Å². The molecule has 1 aliphatic heterocycles. The van der Waals surface area contributed by atoms with Crippen molar-refractivity contribution < 1.29 is 26.4 Å². The van der Waals surface area contributed by atoms with Gasteiger partial charge in [0.1, 0.15) is 11.6 Å². The molecule has 3 aromatic rings. The van der Waals surface area contributed by atoms with Crippen LogP contribution in [0.4, 0.5) is 14.7 Å². The molecule has 2 heterocycles. The monoisotopic (exact) mass is 434 g/mol. The van der Waals surface area contributed by atoms with E-state index < -0.39 is 21.5 Å². The van der Waals surface area contributed by atoms with E-state index in [1.807, 2.05) is 13.8 Å². The van der Waals surface area contributed by atoms with Crippen LogP contribution in [0.1, 0.15) is 13.8 Å². The number of aromatic nitrogens is 1. The number of benzene rings is 2. The zero-order chi connectivity index (χ0) is 21.5. The molecule has 0 aliphatic carbocycles. The van der Waals surface area contributed by atoms with E-state index >= 15 is 0 Å². The van der Waals surface area contributed by atoms with E-state index in [0.717, 1.165) is 12.1 Å². The number of sulfone groups is 1. The number of hydrogen-bond donors (Lipinski definition) is 0. The van der Waals surface area contributed by atoms with E-state index in [1.165, 1.54) is 36.4 Å². The number of ether oxygens (including phenoxy) is 1. The molecule has 0 unspecified atom stereocenters. The predicted octanol–water partition coefficient (Wildman–Crippen LogP) is 4.07. The highest BCUT2D eigenvalue weighted by molar-refractivity contribution is 7.91. The van der Waals surface area contributed by atoms with E-state index in [-0.39, 0.29) is 33.9 Å². The standard InChI is InChI=1S/C21H20F2N2O4S/c1-13-11-25(12-14(2)28-13)21-20(30(26,27)18-9-7-17(23)8-10-18)24-19(29-21)15-3-5-16(22)6-4-15/h3-10,13-14H,11-12H2,1-2H3/t13-,14-/m0/s1. The lowest BCUT2D eigenvalue weighted by molar-refractivity contribution is -0.00657. The Balaban J connectivity index is 1.85. The Kier molecular flexibility index (Phi) is 5.33. The highest BCUT2D eigenvalue weighted by atomic mass is 32.2. The Morgan fingerprint density at radius 2 is 1.47 bits per heavy atom. The second-order valence-electron chi connectivity index (χ2n) is 7.26. The summed E-state index contributed by atoms with van der Waals surface area (Å²) < 4.78 is 64.9. The van der Waals surface area contributed by atoms with Crippen molar-refractivity contribution in [1.29, 1.82) is 0 Å². The lowest BCUT2D eigenvalue weighted by Gasteiger charge is -2.35. The van der Waals surface area contributed by atoms with Gasteiger partial charge in [0.25, 0.3) is 0 Å². The first-order chi connectivity index (χ1) is 14.2. The van der Waals surface area contributed by atoms with E-state index in [4.69, 9.17) is 9.15 Å². The number of nitrogens with zero attached hydrogens (tertiary/aromatic N) is 2. The number of anilines is 1. The molecular weight excluding hydrogens is 414 g/mol. The van der Waals surface area contributed by atoms with Gasteiger partial charge in [0.15, 0.2) is 0 Å². The molecule has 1 aliphatic rings. The zero-order valence-electron chi connectivity index (χ0n) is 16.4. The van der Waals surface area contributed by atoms with Gasteiger partial charge in [0, 0.05) is 18.7 Å². The summed E-state index contributed by atoms with van der Waals surface area (Å²) in [6, 6.07) is 9.93. The first-order valence-electron chi connectivity index (χ1n) is 9.42. The van der Waals surface area contributed by atoms with Crippen LogP contribution in [0, 0.1) is 11.6 Å². The maximum atomic E-state index is 13.3. The zero-order valence-corrected chi connectivity index (χ0v) is 17.2. The van der Waals surface area contributed by atoms with Crippen molar-refractivity contribution in [2.45, 2.75) is 36.0 Å². The number of oxazole rings is 1. The second-order valence-corrected chi connectivity index (χ2v) is 9.12. The van der Waals surface area contributed by atoms with E-state index in [1.54, 1.807) is 4.90 Å². The third-order valence-electron chi connectivity index (χ3n) is 4.76. The molecule has 0 radical (unpaired) electrons. The highest BCUT2D eigenvalue weighted by Gasteiger charge is 2.34. The summed E-state index contributed by atoms with van der Waals surface area (Å²) in [6.07, 6.45) is -0.288. The second kappa shape index (κ2) is 7.81. The van der Waals surface area contributed by atoms with Gasteiger partial charge >= 0.3 is 0 Å². The van der Waals surface area contributed by atoms with Gasteiger partial charge in [0.2, 0.25) is 26.6 Å². The van der Waals surface area contributed by atoms with Gasteiger partial charge in [-0.25, -0.2) is 17.2 Å². The topological polar surface area (TPSA) is 72.6 Å². The molecule has 1 aromatic heterocycles. The molecule has 158 valence electrons. The molecule has 1 fully saturated rings. The van der Waals surface area contributed by atoms with Crippen molar-refractivity contribution in [3.8, 4) is 11.5 Å². The van der Waals surface area contributed by atoms with Gasteiger partial charge in [0.05, 0.1) is 17.1 Å². The van der Waals surface area contributed by atoms with Crippen molar-refractivity contribution in [3.05, 3.63) is 60.2 Å². The minimum Gasteiger partial charge on any atom is -0.419 e. The van der Waals surface area contributed by atoms with Crippen molar-refractivity contribution in [3.63, 3.8) is 0 Å². The van der Waals surface area contributed by atoms with Crippen molar-refractivity contribution >= 4 is 15.7 Å². The fraction of sp³-hybridized carbons (Fsp3) is 0.286. The number of hydrogen-bond acceptors (Lipinski definition) is 6. The summed E-state index contributed by atoms with van der Waals surface area (Å²) in [4.78, 5) is 5.93. The minimum atomic E-state index is -4.09. The Bertz CT molecular complexity index is 1130. The highest BCUT2D eigenvalue weighted by Crippen LogP contribution is 2.36. The number of halogens is 2. The first kappa shape index (κ1) is 20.5. The summed E-state index contributed by atoms with van der Waals surface area (Å²) in [5, 5.41) is -0.269. The summed E-state index contributed by atoms with van der Waals surface area (Å²) in [5.41, 5.74) is 0.438. The maximum Gasteiger partial charge on any atom is 0.236 e. The lowest BCUT2D eigenvalue weighted by atomic mass is 10.2. The fourth-order valence-electron chi connectivity index (χ4n) is 3.46. The third-order valence-corrected chi connectivity index (χ3v) is 6.42. The lowest BCUT2D eigenvalue weighted by Crippen LogP contribution is -2.45. The molecule has 0 bridgehead atoms. The van der Waals surface area contributed by atoms with Crippen LogP contribution < -0.4 is 4.90 Å². The Morgan fingerprint density at radius 1 is 0.933 bits per heavy atom. The molecule has 0 spiro atoms. The van der Waals surface area contributed by atoms with Crippen LogP contribution in [-0.2, 0) is 14.6 Å². The van der Waals surface area contributed by atoms with Crippen LogP contribution in [-0.4, -0.2) is 38.7 Å². The molecule has 2 atom stereocenters. The van der Waals surface area contributed by atoms with Gasteiger partial charge < -0.3 is 14.1 Å². The summed E-state index contributed by atoms with van der Waals surface area (Å²) in [6.45, 7) is 4.59. The van der Waals surface area contributed by atoms with E-state index in [0.29, 0.717) is 18.7 Å². The molecule has 30 heavy (non-hydrogen) atoms. The fourth-order valence-corrected chi connectivity index (χ4v) is 4.78. The largest absolute Gasteiger partial charge is 0.419 e. The van der Waals surface area contributed by atoms with Crippen molar-refractivity contribution in [2.75, 3.05) is 18.0 Å². The molecule has 0 amide bonds. The molecule has 9 heteroatoms. The minimum absolute atomic E-state index is 0.0532. The number of morpholine rings is 1. The van der Waals surface area contributed by atoms with Crippen LogP contribution >= 0.6 is 0 Å². The van der Waals surface area contributed by atoms with Crippen molar-refractivity contribution in [1.82, 2.24) is 4.98 Å². The Labute approximate surface area is 173 Å². The van der Waals surface area contributed by atoms with Gasteiger partial charge in [-0.05, 0) is 62.4 Å². The predicted molar refractivity (Wildman–Crippen MR) is 106 cm³/mol. The smallest absolute Gasteiger partial charge is 0.236 e. The van der Waals surface area contributed by atoms with E-state index in [2.05, 4.69) is 4.98 Å². The average Bonchev–Trinajstić information content (AvgIpc) is 3.14. The number of rotatable bonds is 4. The molecule has 2 aromatic carbocycles. The normalized spacial score (nSPS) is 19.8.